The Labute approximate surface area is 121 Å². The number of benzene rings is 1. The molecule has 0 aromatic heterocycles. The Kier molecular flexibility index (Phi) is 4.94. The fraction of sp³-hybridized carbons (Fsp3) is 0.333. The molecule has 0 unspecified atom stereocenters. The van der Waals surface area contributed by atoms with Gasteiger partial charge in [-0.3, -0.25) is 9.59 Å². The van der Waals surface area contributed by atoms with Crippen LogP contribution in [0.25, 0.3) is 0 Å². The molecule has 1 aromatic carbocycles. The van der Waals surface area contributed by atoms with Gasteiger partial charge < -0.3 is 13.3 Å². The molecule has 1 rings (SSSR count). The van der Waals surface area contributed by atoms with Gasteiger partial charge >= 0.3 is 0 Å². The Morgan fingerprint density at radius 1 is 0.944 bits per heavy atom. The lowest BCUT2D eigenvalue weighted by atomic mass is 10.1. The fourth-order valence-electron chi connectivity index (χ4n) is 1.45. The molecule has 5 nitrogen and oxygen atoms in total. The quantitative estimate of drug-likeness (QED) is 0.661. The van der Waals surface area contributed by atoms with Gasteiger partial charge in [-0.25, -0.2) is 0 Å². The Morgan fingerprint density at radius 3 is 1.61 bits per heavy atom. The molecule has 6 heteroatoms. The van der Waals surface area contributed by atoms with Crippen molar-refractivity contribution in [2.75, 3.05) is 31.7 Å². The van der Waals surface area contributed by atoms with Gasteiger partial charge in [-0.2, -0.15) is 0 Å². The highest BCUT2D eigenvalue weighted by Gasteiger charge is 2.15. The average molecular weight is 361 g/mol. The number of anilines is 1. The third kappa shape index (κ3) is 3.34. The summed E-state index contributed by atoms with van der Waals surface area (Å²) in [6, 6.07) is 5.06. The summed E-state index contributed by atoms with van der Waals surface area (Å²) >= 11 is 1.97. The molecule has 0 aliphatic rings. The van der Waals surface area contributed by atoms with E-state index in [0.29, 0.717) is 11.1 Å². The number of halogens is 1. The van der Waals surface area contributed by atoms with E-state index in [9.17, 15) is 9.59 Å². The first-order chi connectivity index (χ1) is 8.36. The molecule has 1 N–H and O–H groups in total. The Hall–Kier alpha value is -1.31. The minimum Gasteiger partial charge on any atom is -0.345 e. The largest absolute Gasteiger partial charge is 0.345 e. The van der Waals surface area contributed by atoms with Gasteiger partial charge in [-0.1, -0.05) is 0 Å². The van der Waals surface area contributed by atoms with Gasteiger partial charge in [-0.05, 0) is 18.2 Å². The van der Waals surface area contributed by atoms with Crippen molar-refractivity contribution in [1.29, 1.82) is 0 Å². The predicted octanol–water partition coefficient (Wildman–Crippen LogP) is 1.85. The number of amides is 2. The highest BCUT2D eigenvalue weighted by Crippen LogP contribution is 2.18. The molecular weight excluding hydrogens is 345 g/mol. The second-order valence-corrected chi connectivity index (χ2v) is 4.83. The zero-order valence-electron chi connectivity index (χ0n) is 10.8. The zero-order chi connectivity index (χ0) is 13.9. The monoisotopic (exact) mass is 361 g/mol. The summed E-state index contributed by atoms with van der Waals surface area (Å²) in [7, 11) is 6.72. The van der Waals surface area contributed by atoms with Crippen LogP contribution in [0.2, 0.25) is 0 Å². The van der Waals surface area contributed by atoms with Gasteiger partial charge in [0.15, 0.2) is 0 Å². The molecule has 98 valence electrons. The van der Waals surface area contributed by atoms with E-state index < -0.39 is 0 Å². The molecule has 0 aliphatic carbocycles. The van der Waals surface area contributed by atoms with Gasteiger partial charge in [0, 0.05) is 45.0 Å². The van der Waals surface area contributed by atoms with E-state index in [1.54, 1.807) is 46.4 Å². The topological polar surface area (TPSA) is 52.7 Å². The first-order valence-electron chi connectivity index (χ1n) is 5.32. The molecule has 0 bridgehead atoms. The maximum Gasteiger partial charge on any atom is 0.253 e. The lowest BCUT2D eigenvalue weighted by Crippen LogP contribution is -2.24. The Morgan fingerprint density at radius 2 is 1.33 bits per heavy atom. The zero-order valence-corrected chi connectivity index (χ0v) is 13.0. The van der Waals surface area contributed by atoms with E-state index in [1.165, 1.54) is 9.80 Å². The maximum atomic E-state index is 11.9. The lowest BCUT2D eigenvalue weighted by Gasteiger charge is -2.15. The second kappa shape index (κ2) is 6.03. The fourth-order valence-corrected chi connectivity index (χ4v) is 1.76. The first-order valence-corrected chi connectivity index (χ1v) is 6.39. The molecule has 2 amide bonds. The van der Waals surface area contributed by atoms with Gasteiger partial charge in [-0.15, -0.1) is 0 Å². The molecule has 0 heterocycles. The molecule has 0 atom stereocenters. The van der Waals surface area contributed by atoms with Crippen LogP contribution in [-0.4, -0.2) is 49.8 Å². The van der Waals surface area contributed by atoms with Crippen LogP contribution >= 0.6 is 22.9 Å². The van der Waals surface area contributed by atoms with E-state index in [4.69, 9.17) is 0 Å². The van der Waals surface area contributed by atoms with Gasteiger partial charge in [0.2, 0.25) is 0 Å². The molecule has 0 saturated heterocycles. The van der Waals surface area contributed by atoms with E-state index >= 15 is 0 Å². The average Bonchev–Trinajstić information content (AvgIpc) is 2.35. The number of nitrogens with zero attached hydrogens (tertiary/aromatic N) is 2. The molecule has 0 radical (unpaired) electrons. The molecule has 0 fully saturated rings. The molecule has 1 aromatic rings. The van der Waals surface area contributed by atoms with Gasteiger partial charge in [0.25, 0.3) is 11.8 Å². The smallest absolute Gasteiger partial charge is 0.253 e. The highest BCUT2D eigenvalue weighted by molar-refractivity contribution is 14.1. The van der Waals surface area contributed by atoms with Crippen molar-refractivity contribution < 1.29 is 9.59 Å². The number of hydrogen-bond donors (Lipinski definition) is 1. The second-order valence-electron chi connectivity index (χ2n) is 4.29. The SMILES string of the molecule is CN(C)C(=O)c1cc(NI)cc(C(=O)N(C)C)c1. The summed E-state index contributed by atoms with van der Waals surface area (Å²) in [6.45, 7) is 0. The van der Waals surface area contributed by atoms with Gasteiger partial charge in [0.05, 0.1) is 22.9 Å². The maximum absolute atomic E-state index is 11.9. The van der Waals surface area contributed by atoms with Crippen LogP contribution in [0.5, 0.6) is 0 Å². The Balaban J connectivity index is 3.26. The number of carbonyl (C=O) groups excluding carboxylic acids is 2. The third-order valence-corrected chi connectivity index (χ3v) is 2.97. The van der Waals surface area contributed by atoms with Crippen molar-refractivity contribution >= 4 is 40.4 Å². The Bertz CT molecular complexity index is 434. The van der Waals surface area contributed by atoms with Crippen molar-refractivity contribution in [3.63, 3.8) is 0 Å². The van der Waals surface area contributed by atoms with Crippen LogP contribution < -0.4 is 3.53 Å². The van der Waals surface area contributed by atoms with Crippen molar-refractivity contribution in [2.45, 2.75) is 0 Å². The van der Waals surface area contributed by atoms with Crippen LogP contribution in [0.3, 0.4) is 0 Å². The molecule has 18 heavy (non-hydrogen) atoms. The van der Waals surface area contributed by atoms with E-state index in [0.717, 1.165) is 5.69 Å². The first kappa shape index (κ1) is 14.7. The summed E-state index contributed by atoms with van der Waals surface area (Å²) < 4.78 is 2.92. The molecule has 0 spiro atoms. The summed E-state index contributed by atoms with van der Waals surface area (Å²) in [6.07, 6.45) is 0. The predicted molar refractivity (Wildman–Crippen MR) is 80.1 cm³/mol. The molecular formula is C12H16IN3O2. The van der Waals surface area contributed by atoms with Crippen molar-refractivity contribution in [3.05, 3.63) is 29.3 Å². The normalized spacial score (nSPS) is 9.83. The minimum absolute atomic E-state index is 0.128. The number of hydrogen-bond acceptors (Lipinski definition) is 3. The number of rotatable bonds is 3. The van der Waals surface area contributed by atoms with Crippen molar-refractivity contribution in [2.24, 2.45) is 0 Å². The third-order valence-electron chi connectivity index (χ3n) is 2.35. The van der Waals surface area contributed by atoms with E-state index in [2.05, 4.69) is 3.53 Å². The summed E-state index contributed by atoms with van der Waals surface area (Å²) in [5, 5.41) is 0. The van der Waals surface area contributed by atoms with Crippen LogP contribution in [0.1, 0.15) is 20.7 Å². The van der Waals surface area contributed by atoms with Crippen LogP contribution in [0.4, 0.5) is 5.69 Å². The van der Waals surface area contributed by atoms with E-state index in [1.807, 2.05) is 22.9 Å². The van der Waals surface area contributed by atoms with Crippen molar-refractivity contribution in [3.8, 4) is 0 Å². The van der Waals surface area contributed by atoms with Crippen LogP contribution in [0.15, 0.2) is 18.2 Å². The summed E-state index contributed by atoms with van der Waals surface area (Å²) in [5.74, 6) is -0.257. The van der Waals surface area contributed by atoms with Crippen LogP contribution in [-0.2, 0) is 0 Å². The minimum atomic E-state index is -0.128. The van der Waals surface area contributed by atoms with E-state index in [-0.39, 0.29) is 11.8 Å². The van der Waals surface area contributed by atoms with Gasteiger partial charge in [0.1, 0.15) is 0 Å². The summed E-state index contributed by atoms with van der Waals surface area (Å²) in [4.78, 5) is 26.8. The number of carbonyl (C=O) groups is 2. The molecule has 0 saturated carbocycles. The van der Waals surface area contributed by atoms with Crippen molar-refractivity contribution in [1.82, 2.24) is 9.80 Å². The lowest BCUT2D eigenvalue weighted by molar-refractivity contribution is 0.0826. The number of nitrogens with one attached hydrogen (secondary N) is 1. The standard InChI is InChI=1S/C12H16IN3O2/c1-15(2)11(17)8-5-9(12(18)16(3)4)7-10(6-8)14-13/h5-7,14H,1-4H3. The highest BCUT2D eigenvalue weighted by atomic mass is 127. The molecule has 0 aliphatic heterocycles. The summed E-state index contributed by atoms with van der Waals surface area (Å²) in [5.41, 5.74) is 1.72. The van der Waals surface area contributed by atoms with Crippen LogP contribution in [0, 0.1) is 0 Å².